The van der Waals surface area contributed by atoms with Gasteiger partial charge in [-0.25, -0.2) is 0 Å². The van der Waals surface area contributed by atoms with Gasteiger partial charge in [-0.1, -0.05) is 40.5 Å². The van der Waals surface area contributed by atoms with Crippen LogP contribution < -0.4 is 5.32 Å². The summed E-state index contributed by atoms with van der Waals surface area (Å²) in [4.78, 5) is 2.87. The number of rotatable bonds is 3. The van der Waals surface area contributed by atoms with E-state index < -0.39 is 0 Å². The molecule has 0 radical (unpaired) electrons. The number of piperazine rings is 1. The molecule has 2 aliphatic rings. The highest BCUT2D eigenvalue weighted by Gasteiger charge is 2.35. The van der Waals surface area contributed by atoms with Crippen LogP contribution in [0.15, 0.2) is 0 Å². The zero-order chi connectivity index (χ0) is 13.1. The molecule has 4 atom stereocenters. The molecule has 0 bridgehead atoms. The number of nitrogens with zero attached hydrogens (tertiary/aromatic N) is 1. The Labute approximate surface area is 114 Å². The monoisotopic (exact) mass is 252 g/mol. The molecule has 2 heteroatoms. The van der Waals surface area contributed by atoms with Crippen LogP contribution in [0.5, 0.6) is 0 Å². The molecule has 1 saturated heterocycles. The third kappa shape index (κ3) is 3.27. The van der Waals surface area contributed by atoms with Gasteiger partial charge in [0.05, 0.1) is 0 Å². The largest absolute Gasteiger partial charge is 0.311 e. The van der Waals surface area contributed by atoms with Gasteiger partial charge in [0.2, 0.25) is 0 Å². The molecule has 106 valence electrons. The maximum Gasteiger partial charge on any atom is 0.0247 e. The van der Waals surface area contributed by atoms with Gasteiger partial charge in [0.15, 0.2) is 0 Å². The number of hydrogen-bond donors (Lipinski definition) is 1. The van der Waals surface area contributed by atoms with Crippen molar-refractivity contribution in [3.8, 4) is 0 Å². The predicted molar refractivity (Wildman–Crippen MR) is 78.8 cm³/mol. The lowest BCUT2D eigenvalue weighted by Crippen LogP contribution is -2.61. The second-order valence-corrected chi connectivity index (χ2v) is 6.95. The maximum atomic E-state index is 3.74. The Morgan fingerprint density at radius 2 is 2.06 bits per heavy atom. The molecular weight excluding hydrogens is 220 g/mol. The van der Waals surface area contributed by atoms with E-state index in [2.05, 4.69) is 37.9 Å². The molecular formula is C16H32N2. The van der Waals surface area contributed by atoms with Crippen LogP contribution in [-0.2, 0) is 0 Å². The van der Waals surface area contributed by atoms with Crippen LogP contribution in [0.4, 0.5) is 0 Å². The van der Waals surface area contributed by atoms with Gasteiger partial charge in [-0.15, -0.1) is 0 Å². The van der Waals surface area contributed by atoms with Crippen molar-refractivity contribution in [3.05, 3.63) is 0 Å². The molecule has 4 unspecified atom stereocenters. The van der Waals surface area contributed by atoms with E-state index in [-0.39, 0.29) is 0 Å². The Morgan fingerprint density at radius 1 is 1.28 bits per heavy atom. The van der Waals surface area contributed by atoms with Crippen molar-refractivity contribution in [2.45, 2.75) is 77.9 Å². The van der Waals surface area contributed by atoms with E-state index in [4.69, 9.17) is 0 Å². The molecule has 0 aromatic rings. The molecule has 0 amide bonds. The van der Waals surface area contributed by atoms with Crippen LogP contribution >= 0.6 is 0 Å². The fraction of sp³-hybridized carbons (Fsp3) is 1.00. The van der Waals surface area contributed by atoms with Gasteiger partial charge < -0.3 is 5.32 Å². The van der Waals surface area contributed by atoms with Crippen molar-refractivity contribution in [2.75, 3.05) is 13.1 Å². The van der Waals surface area contributed by atoms with Gasteiger partial charge in [0, 0.05) is 31.2 Å². The van der Waals surface area contributed by atoms with Crippen LogP contribution in [0, 0.1) is 11.8 Å². The number of hydrogen-bond acceptors (Lipinski definition) is 2. The zero-order valence-electron chi connectivity index (χ0n) is 12.8. The minimum absolute atomic E-state index is 0.720. The topological polar surface area (TPSA) is 15.3 Å². The molecule has 1 aliphatic carbocycles. The highest BCUT2D eigenvalue weighted by Crippen LogP contribution is 2.31. The van der Waals surface area contributed by atoms with E-state index in [1.807, 2.05) is 0 Å². The van der Waals surface area contributed by atoms with Crippen molar-refractivity contribution in [2.24, 2.45) is 11.8 Å². The van der Waals surface area contributed by atoms with Crippen LogP contribution in [0.1, 0.15) is 59.8 Å². The van der Waals surface area contributed by atoms with Crippen molar-refractivity contribution in [1.82, 2.24) is 10.2 Å². The molecule has 1 saturated carbocycles. The summed E-state index contributed by atoms with van der Waals surface area (Å²) in [5.41, 5.74) is 0. The summed E-state index contributed by atoms with van der Waals surface area (Å²) < 4.78 is 0. The lowest BCUT2D eigenvalue weighted by atomic mass is 9.84. The minimum Gasteiger partial charge on any atom is -0.311 e. The van der Waals surface area contributed by atoms with Crippen LogP contribution in [0.25, 0.3) is 0 Å². The molecule has 18 heavy (non-hydrogen) atoms. The van der Waals surface area contributed by atoms with E-state index >= 15 is 0 Å². The third-order valence-electron chi connectivity index (χ3n) is 5.11. The summed E-state index contributed by atoms with van der Waals surface area (Å²) in [6.45, 7) is 12.0. The molecule has 1 N–H and O–H groups in total. The summed E-state index contributed by atoms with van der Waals surface area (Å²) in [6, 6.07) is 2.33. The van der Waals surface area contributed by atoms with Crippen LogP contribution in [0.2, 0.25) is 0 Å². The second-order valence-electron chi connectivity index (χ2n) is 6.95. The highest BCUT2D eigenvalue weighted by atomic mass is 15.3. The minimum atomic E-state index is 0.720. The van der Waals surface area contributed by atoms with Gasteiger partial charge in [-0.3, -0.25) is 4.90 Å². The zero-order valence-corrected chi connectivity index (χ0v) is 12.8. The van der Waals surface area contributed by atoms with Gasteiger partial charge in [0.25, 0.3) is 0 Å². The lowest BCUT2D eigenvalue weighted by molar-refractivity contribution is 0.0298. The first kappa shape index (κ1) is 14.3. The van der Waals surface area contributed by atoms with E-state index in [1.165, 1.54) is 45.2 Å². The van der Waals surface area contributed by atoms with Gasteiger partial charge in [-0.2, -0.15) is 0 Å². The molecule has 0 aromatic heterocycles. The molecule has 2 rings (SSSR count). The van der Waals surface area contributed by atoms with Crippen molar-refractivity contribution in [3.63, 3.8) is 0 Å². The highest BCUT2D eigenvalue weighted by molar-refractivity contribution is 4.92. The van der Waals surface area contributed by atoms with E-state index in [9.17, 15) is 0 Å². The van der Waals surface area contributed by atoms with Crippen molar-refractivity contribution in [1.29, 1.82) is 0 Å². The molecule has 0 spiro atoms. The van der Waals surface area contributed by atoms with Gasteiger partial charge in [-0.05, 0) is 31.1 Å². The molecule has 1 heterocycles. The Bertz CT molecular complexity index is 251. The smallest absolute Gasteiger partial charge is 0.0247 e. The number of nitrogens with one attached hydrogen (secondary N) is 1. The molecule has 1 aliphatic heterocycles. The molecule has 0 aromatic carbocycles. The van der Waals surface area contributed by atoms with E-state index in [0.717, 1.165) is 30.0 Å². The lowest BCUT2D eigenvalue weighted by Gasteiger charge is -2.48. The average molecular weight is 252 g/mol. The van der Waals surface area contributed by atoms with Crippen molar-refractivity contribution < 1.29 is 0 Å². The van der Waals surface area contributed by atoms with E-state index in [0.29, 0.717) is 0 Å². The summed E-state index contributed by atoms with van der Waals surface area (Å²) in [5, 5.41) is 3.74. The molecule has 2 fully saturated rings. The summed E-state index contributed by atoms with van der Waals surface area (Å²) in [5.74, 6) is 1.71. The standard InChI is InChI=1S/C16H32N2/c1-5-14-11-18(16(10-17-14)12(2)3)15-8-6-7-13(4)9-15/h12-17H,5-11H2,1-4H3. The van der Waals surface area contributed by atoms with E-state index in [1.54, 1.807) is 0 Å². The Kier molecular flexibility index (Phi) is 5.08. The first-order chi connectivity index (χ1) is 8.61. The van der Waals surface area contributed by atoms with Crippen LogP contribution in [-0.4, -0.2) is 36.1 Å². The van der Waals surface area contributed by atoms with Gasteiger partial charge in [0.1, 0.15) is 0 Å². The van der Waals surface area contributed by atoms with Crippen molar-refractivity contribution >= 4 is 0 Å². The normalized spacial score (nSPS) is 39.2. The summed E-state index contributed by atoms with van der Waals surface area (Å²) in [6.07, 6.45) is 7.02. The first-order valence-electron chi connectivity index (χ1n) is 8.11. The Balaban J connectivity index is 2.03. The summed E-state index contributed by atoms with van der Waals surface area (Å²) >= 11 is 0. The average Bonchev–Trinajstić information content (AvgIpc) is 2.38. The SMILES string of the molecule is CCC1CN(C2CCCC(C)C2)C(C(C)C)CN1. The third-order valence-corrected chi connectivity index (χ3v) is 5.11. The maximum absolute atomic E-state index is 3.74. The summed E-state index contributed by atoms with van der Waals surface area (Å²) in [7, 11) is 0. The quantitative estimate of drug-likeness (QED) is 0.829. The fourth-order valence-electron chi connectivity index (χ4n) is 3.87. The second kappa shape index (κ2) is 6.38. The first-order valence-corrected chi connectivity index (χ1v) is 8.11. The fourth-order valence-corrected chi connectivity index (χ4v) is 3.87. The molecule has 2 nitrogen and oxygen atoms in total. The Morgan fingerprint density at radius 3 is 2.67 bits per heavy atom. The Hall–Kier alpha value is -0.0800. The van der Waals surface area contributed by atoms with Crippen LogP contribution in [0.3, 0.4) is 0 Å². The predicted octanol–water partition coefficient (Wildman–Crippen LogP) is 3.27. The van der Waals surface area contributed by atoms with Gasteiger partial charge >= 0.3 is 0 Å².